The first-order valence-corrected chi connectivity index (χ1v) is 5.68. The Morgan fingerprint density at radius 3 is 2.79 bits per heavy atom. The van der Waals surface area contributed by atoms with Gasteiger partial charge in [-0.3, -0.25) is 0 Å². The molecule has 2 N–H and O–H groups in total. The maximum atomic E-state index is 5.80. The van der Waals surface area contributed by atoms with E-state index in [1.54, 1.807) is 19.2 Å². The summed E-state index contributed by atoms with van der Waals surface area (Å²) in [6.45, 7) is 0.431. The van der Waals surface area contributed by atoms with Crippen LogP contribution in [0.2, 0.25) is 0 Å². The largest absolute Gasteiger partial charge is 0.480 e. The number of ether oxygens (including phenoxy) is 2. The third-order valence-corrected chi connectivity index (χ3v) is 2.36. The van der Waals surface area contributed by atoms with Gasteiger partial charge in [-0.15, -0.1) is 10.2 Å². The number of rotatable bonds is 6. The lowest BCUT2D eigenvalue weighted by Gasteiger charge is -2.05. The summed E-state index contributed by atoms with van der Waals surface area (Å²) in [5.41, 5.74) is 6.32. The fraction of sp³-hybridized carbons (Fsp3) is 0.455. The molecule has 8 nitrogen and oxygen atoms in total. The molecule has 1 unspecified atom stereocenters. The molecule has 0 spiro atoms. The van der Waals surface area contributed by atoms with Crippen molar-refractivity contribution in [1.29, 1.82) is 0 Å². The van der Waals surface area contributed by atoms with Gasteiger partial charge >= 0.3 is 0 Å². The summed E-state index contributed by atoms with van der Waals surface area (Å²) in [5, 5.41) is 11.6. The average Bonchev–Trinajstić information content (AvgIpc) is 2.87. The highest BCUT2D eigenvalue weighted by Gasteiger charge is 2.13. The van der Waals surface area contributed by atoms with E-state index in [0.29, 0.717) is 36.3 Å². The minimum atomic E-state index is -0.180. The second-order valence-corrected chi connectivity index (χ2v) is 3.89. The zero-order chi connectivity index (χ0) is 13.7. The van der Waals surface area contributed by atoms with Gasteiger partial charge in [-0.25, -0.2) is 0 Å². The molecular formula is C11H15N5O3. The van der Waals surface area contributed by atoms with Crippen LogP contribution in [0, 0.1) is 0 Å². The van der Waals surface area contributed by atoms with Gasteiger partial charge in [-0.2, -0.15) is 4.98 Å². The predicted octanol–water partition coefficient (Wildman–Crippen LogP) is 0.0514. The van der Waals surface area contributed by atoms with Crippen LogP contribution in [0.25, 0.3) is 11.5 Å². The topological polar surface area (TPSA) is 109 Å². The van der Waals surface area contributed by atoms with Crippen molar-refractivity contribution in [2.24, 2.45) is 5.73 Å². The lowest BCUT2D eigenvalue weighted by atomic mass is 10.2. The number of aromatic nitrogens is 4. The van der Waals surface area contributed by atoms with Gasteiger partial charge < -0.3 is 19.7 Å². The third-order valence-electron chi connectivity index (χ3n) is 2.36. The summed E-state index contributed by atoms with van der Waals surface area (Å²) >= 11 is 0. The van der Waals surface area contributed by atoms with E-state index in [1.807, 2.05) is 0 Å². The van der Waals surface area contributed by atoms with Crippen LogP contribution in [0.5, 0.6) is 5.88 Å². The molecule has 102 valence electrons. The van der Waals surface area contributed by atoms with Crippen LogP contribution in [0.15, 0.2) is 16.7 Å². The zero-order valence-corrected chi connectivity index (χ0v) is 10.7. The molecule has 0 fully saturated rings. The average molecular weight is 265 g/mol. The van der Waals surface area contributed by atoms with E-state index >= 15 is 0 Å². The first-order valence-electron chi connectivity index (χ1n) is 5.68. The minimum absolute atomic E-state index is 0.180. The molecular weight excluding hydrogens is 250 g/mol. The molecule has 1 atom stereocenters. The Bertz CT molecular complexity index is 513. The maximum Gasteiger partial charge on any atom is 0.233 e. The highest BCUT2D eigenvalue weighted by atomic mass is 16.5. The molecule has 2 aromatic heterocycles. The first-order chi connectivity index (χ1) is 9.22. The Hall–Kier alpha value is -2.06. The van der Waals surface area contributed by atoms with Crippen LogP contribution < -0.4 is 10.5 Å². The summed E-state index contributed by atoms with van der Waals surface area (Å²) in [7, 11) is 3.11. The van der Waals surface area contributed by atoms with Crippen LogP contribution in [-0.4, -0.2) is 47.2 Å². The first kappa shape index (κ1) is 13.4. The molecule has 0 amide bonds. The molecule has 8 heteroatoms. The Balaban J connectivity index is 2.07. The molecule has 0 aliphatic heterocycles. The molecule has 2 aromatic rings. The standard InChI is InChI=1S/C11H15N5O3/c1-17-6-7(12)5-10-13-11(16-19-10)8-3-4-9(18-2)15-14-8/h3-4,7H,5-6,12H2,1-2H3. The Labute approximate surface area is 109 Å². The van der Waals surface area contributed by atoms with Crippen molar-refractivity contribution in [3.63, 3.8) is 0 Å². The Morgan fingerprint density at radius 1 is 1.32 bits per heavy atom. The van der Waals surface area contributed by atoms with E-state index in [1.165, 1.54) is 7.11 Å². The summed E-state index contributed by atoms with van der Waals surface area (Å²) in [5.74, 6) is 1.24. The fourth-order valence-corrected chi connectivity index (χ4v) is 1.49. The molecule has 0 aliphatic rings. The number of hydrogen-bond acceptors (Lipinski definition) is 8. The summed E-state index contributed by atoms with van der Waals surface area (Å²) in [6, 6.07) is 3.20. The Kier molecular flexibility index (Phi) is 4.37. The van der Waals surface area contributed by atoms with Gasteiger partial charge in [0.05, 0.1) is 13.7 Å². The van der Waals surface area contributed by atoms with Gasteiger partial charge in [0, 0.05) is 25.6 Å². The van der Waals surface area contributed by atoms with Gasteiger partial charge in [0.15, 0.2) is 0 Å². The predicted molar refractivity (Wildman–Crippen MR) is 65.4 cm³/mol. The van der Waals surface area contributed by atoms with E-state index in [0.717, 1.165) is 0 Å². The number of nitrogens with zero attached hydrogens (tertiary/aromatic N) is 4. The van der Waals surface area contributed by atoms with Crippen molar-refractivity contribution in [3.8, 4) is 17.4 Å². The quantitative estimate of drug-likeness (QED) is 0.780. The summed E-state index contributed by atoms with van der Waals surface area (Å²) in [4.78, 5) is 4.20. The molecule has 2 rings (SSSR count). The molecule has 0 aromatic carbocycles. The van der Waals surface area contributed by atoms with Crippen LogP contribution >= 0.6 is 0 Å². The van der Waals surface area contributed by atoms with Gasteiger partial charge in [0.25, 0.3) is 0 Å². The van der Waals surface area contributed by atoms with Crippen molar-refractivity contribution in [2.75, 3.05) is 20.8 Å². The van der Waals surface area contributed by atoms with E-state index in [2.05, 4.69) is 20.3 Å². The number of methoxy groups -OCH3 is 2. The molecule has 2 heterocycles. The highest BCUT2D eigenvalue weighted by Crippen LogP contribution is 2.14. The maximum absolute atomic E-state index is 5.80. The van der Waals surface area contributed by atoms with Crippen molar-refractivity contribution < 1.29 is 14.0 Å². The lowest BCUT2D eigenvalue weighted by molar-refractivity contribution is 0.176. The molecule has 0 saturated carbocycles. The van der Waals surface area contributed by atoms with E-state index < -0.39 is 0 Å². The molecule has 0 radical (unpaired) electrons. The molecule has 0 bridgehead atoms. The normalized spacial score (nSPS) is 12.4. The SMILES string of the molecule is COCC(N)Cc1nc(-c2ccc(OC)nn2)no1. The van der Waals surface area contributed by atoms with Crippen molar-refractivity contribution in [1.82, 2.24) is 20.3 Å². The zero-order valence-electron chi connectivity index (χ0n) is 10.7. The van der Waals surface area contributed by atoms with Crippen LogP contribution in [0.1, 0.15) is 5.89 Å². The van der Waals surface area contributed by atoms with Gasteiger partial charge in [0.1, 0.15) is 5.69 Å². The third kappa shape index (κ3) is 3.46. The van der Waals surface area contributed by atoms with Crippen molar-refractivity contribution in [3.05, 3.63) is 18.0 Å². The molecule has 0 saturated heterocycles. The molecule has 0 aliphatic carbocycles. The second kappa shape index (κ2) is 6.21. The second-order valence-electron chi connectivity index (χ2n) is 3.89. The van der Waals surface area contributed by atoms with Crippen molar-refractivity contribution >= 4 is 0 Å². The van der Waals surface area contributed by atoms with Crippen molar-refractivity contribution in [2.45, 2.75) is 12.5 Å². The van der Waals surface area contributed by atoms with E-state index in [9.17, 15) is 0 Å². The lowest BCUT2D eigenvalue weighted by Crippen LogP contribution is -2.28. The smallest absolute Gasteiger partial charge is 0.233 e. The van der Waals surface area contributed by atoms with Gasteiger partial charge in [-0.05, 0) is 6.07 Å². The number of hydrogen-bond donors (Lipinski definition) is 1. The monoisotopic (exact) mass is 265 g/mol. The van der Waals surface area contributed by atoms with Gasteiger partial charge in [0.2, 0.25) is 17.6 Å². The number of nitrogens with two attached hydrogens (primary N) is 1. The highest BCUT2D eigenvalue weighted by molar-refractivity contribution is 5.47. The summed E-state index contributed by atoms with van der Waals surface area (Å²) < 4.78 is 15.0. The Morgan fingerprint density at radius 2 is 2.16 bits per heavy atom. The van der Waals surface area contributed by atoms with Crippen LogP contribution in [0.3, 0.4) is 0 Å². The van der Waals surface area contributed by atoms with Crippen LogP contribution in [0.4, 0.5) is 0 Å². The van der Waals surface area contributed by atoms with E-state index in [-0.39, 0.29) is 6.04 Å². The molecule has 19 heavy (non-hydrogen) atoms. The fourth-order valence-electron chi connectivity index (χ4n) is 1.49. The minimum Gasteiger partial charge on any atom is -0.480 e. The summed E-state index contributed by atoms with van der Waals surface area (Å²) in [6.07, 6.45) is 0.449. The van der Waals surface area contributed by atoms with Gasteiger partial charge in [-0.1, -0.05) is 5.16 Å². The van der Waals surface area contributed by atoms with Crippen LogP contribution in [-0.2, 0) is 11.2 Å². The van der Waals surface area contributed by atoms with E-state index in [4.69, 9.17) is 19.7 Å².